The van der Waals surface area contributed by atoms with Crippen molar-refractivity contribution in [1.29, 1.82) is 0 Å². The molecule has 0 N–H and O–H groups in total. The molecule has 1 fully saturated rings. The average molecular weight is 399 g/mol. The number of nitrogens with zero attached hydrogens (tertiary/aromatic N) is 5. The van der Waals surface area contributed by atoms with Gasteiger partial charge in [-0.15, -0.1) is 0 Å². The van der Waals surface area contributed by atoms with Gasteiger partial charge >= 0.3 is 0 Å². The van der Waals surface area contributed by atoms with Crippen LogP contribution in [-0.4, -0.2) is 52.1 Å². The summed E-state index contributed by atoms with van der Waals surface area (Å²) in [5, 5.41) is 3.93. The summed E-state index contributed by atoms with van der Waals surface area (Å²) >= 11 is 0. The number of hydrogen-bond donors (Lipinski definition) is 0. The number of aryl methyl sites for hydroxylation is 1. The monoisotopic (exact) mass is 399 g/mol. The van der Waals surface area contributed by atoms with Crippen LogP contribution in [0.2, 0.25) is 0 Å². The van der Waals surface area contributed by atoms with Gasteiger partial charge in [-0.3, -0.25) is 4.79 Å². The van der Waals surface area contributed by atoms with Crippen LogP contribution in [0.5, 0.6) is 0 Å². The highest BCUT2D eigenvalue weighted by Gasteiger charge is 2.27. The minimum absolute atomic E-state index is 0.348. The first-order valence-corrected chi connectivity index (χ1v) is 9.34. The minimum atomic E-state index is -0.845. The summed E-state index contributed by atoms with van der Waals surface area (Å²) in [6.45, 7) is 3.65. The van der Waals surface area contributed by atoms with Gasteiger partial charge in [-0.2, -0.15) is 4.98 Å². The molecule has 0 unspecified atom stereocenters. The van der Waals surface area contributed by atoms with Gasteiger partial charge in [-0.05, 0) is 24.3 Å². The molecule has 0 saturated carbocycles. The number of pyridine rings is 1. The third kappa shape index (κ3) is 3.80. The van der Waals surface area contributed by atoms with Crippen LogP contribution in [-0.2, 0) is 6.42 Å². The third-order valence-electron chi connectivity index (χ3n) is 4.84. The topological polar surface area (TPSA) is 75.4 Å². The van der Waals surface area contributed by atoms with Crippen molar-refractivity contribution in [3.8, 4) is 11.4 Å². The molecule has 0 atom stereocenters. The molecule has 9 heteroatoms. The van der Waals surface area contributed by atoms with E-state index in [0.717, 1.165) is 23.5 Å². The van der Waals surface area contributed by atoms with Gasteiger partial charge in [0.05, 0.1) is 0 Å². The van der Waals surface area contributed by atoms with E-state index in [0.29, 0.717) is 44.3 Å². The quantitative estimate of drug-likeness (QED) is 0.672. The zero-order chi connectivity index (χ0) is 20.4. The predicted octanol–water partition coefficient (Wildman–Crippen LogP) is 2.93. The Kier molecular flexibility index (Phi) is 5.20. The molecule has 150 valence electrons. The highest BCUT2D eigenvalue weighted by atomic mass is 19.1. The van der Waals surface area contributed by atoms with Gasteiger partial charge in [0.15, 0.2) is 0 Å². The van der Waals surface area contributed by atoms with Crippen molar-refractivity contribution in [3.63, 3.8) is 0 Å². The van der Waals surface area contributed by atoms with E-state index < -0.39 is 23.1 Å². The summed E-state index contributed by atoms with van der Waals surface area (Å²) in [6.07, 6.45) is 2.34. The van der Waals surface area contributed by atoms with Crippen LogP contribution < -0.4 is 4.90 Å². The molecule has 3 aromatic rings. The van der Waals surface area contributed by atoms with Gasteiger partial charge in [-0.1, -0.05) is 18.1 Å². The molecule has 1 aromatic carbocycles. The predicted molar refractivity (Wildman–Crippen MR) is 101 cm³/mol. The molecule has 1 saturated heterocycles. The van der Waals surface area contributed by atoms with Crippen LogP contribution >= 0.6 is 0 Å². The Bertz CT molecular complexity index is 994. The summed E-state index contributed by atoms with van der Waals surface area (Å²) < 4.78 is 32.9. The summed E-state index contributed by atoms with van der Waals surface area (Å²) in [5.74, 6) is -0.520. The zero-order valence-electron chi connectivity index (χ0n) is 15.8. The fourth-order valence-electron chi connectivity index (χ4n) is 3.22. The number of benzene rings is 1. The molecular weight excluding hydrogens is 380 g/mol. The second-order valence-electron chi connectivity index (χ2n) is 6.65. The van der Waals surface area contributed by atoms with Crippen molar-refractivity contribution < 1.29 is 18.1 Å². The molecule has 3 heterocycles. The largest absolute Gasteiger partial charge is 0.353 e. The summed E-state index contributed by atoms with van der Waals surface area (Å²) in [5.41, 5.74) is 0.246. The lowest BCUT2D eigenvalue weighted by Gasteiger charge is -2.35. The lowest BCUT2D eigenvalue weighted by Crippen LogP contribution is -2.49. The molecule has 0 aliphatic carbocycles. The van der Waals surface area contributed by atoms with Gasteiger partial charge in [-0.25, -0.2) is 13.8 Å². The molecule has 7 nitrogen and oxygen atoms in total. The van der Waals surface area contributed by atoms with E-state index in [1.165, 1.54) is 11.0 Å². The molecule has 0 radical (unpaired) electrons. The van der Waals surface area contributed by atoms with Crippen molar-refractivity contribution in [2.45, 2.75) is 13.3 Å². The van der Waals surface area contributed by atoms with Crippen molar-refractivity contribution in [3.05, 3.63) is 59.6 Å². The molecule has 4 rings (SSSR count). The summed E-state index contributed by atoms with van der Waals surface area (Å²) in [6, 6.07) is 7.13. The zero-order valence-corrected chi connectivity index (χ0v) is 15.8. The van der Waals surface area contributed by atoms with Crippen LogP contribution in [0, 0.1) is 11.6 Å². The second-order valence-corrected chi connectivity index (χ2v) is 6.65. The van der Waals surface area contributed by atoms with E-state index in [1.54, 1.807) is 6.20 Å². The van der Waals surface area contributed by atoms with Gasteiger partial charge in [0.1, 0.15) is 23.0 Å². The Morgan fingerprint density at radius 3 is 2.41 bits per heavy atom. The minimum Gasteiger partial charge on any atom is -0.353 e. The van der Waals surface area contributed by atoms with E-state index in [2.05, 4.69) is 15.1 Å². The van der Waals surface area contributed by atoms with Crippen molar-refractivity contribution in [2.24, 2.45) is 0 Å². The van der Waals surface area contributed by atoms with Crippen LogP contribution in [0.15, 0.2) is 41.1 Å². The Morgan fingerprint density at radius 1 is 1.10 bits per heavy atom. The maximum absolute atomic E-state index is 13.9. The second kappa shape index (κ2) is 7.94. The van der Waals surface area contributed by atoms with E-state index in [1.807, 2.05) is 24.0 Å². The van der Waals surface area contributed by atoms with Crippen LogP contribution in [0.1, 0.15) is 23.2 Å². The summed E-state index contributed by atoms with van der Waals surface area (Å²) in [4.78, 5) is 24.7. The molecule has 1 aliphatic heterocycles. The number of halogens is 2. The lowest BCUT2D eigenvalue weighted by atomic mass is 10.1. The van der Waals surface area contributed by atoms with Gasteiger partial charge in [0.25, 0.3) is 5.91 Å². The number of rotatable bonds is 4. The van der Waals surface area contributed by atoms with Crippen molar-refractivity contribution in [1.82, 2.24) is 20.0 Å². The van der Waals surface area contributed by atoms with E-state index in [9.17, 15) is 13.6 Å². The van der Waals surface area contributed by atoms with Crippen molar-refractivity contribution in [2.75, 3.05) is 31.1 Å². The number of carbonyl (C=O) groups is 1. The molecule has 29 heavy (non-hydrogen) atoms. The standard InChI is InChI=1S/C20H19F2N5O2/c1-2-17-24-19(25-29-17)13-6-7-16(23-12-13)26-8-10-27(11-9-26)20(28)18-14(21)4-3-5-15(18)22/h3-7,12H,2,8-11H2,1H3. The SMILES string of the molecule is CCc1nc(-c2ccc(N3CCN(C(=O)c4c(F)cccc4F)CC3)nc2)no1. The Morgan fingerprint density at radius 2 is 1.83 bits per heavy atom. The van der Waals surface area contributed by atoms with Crippen LogP contribution in [0.25, 0.3) is 11.4 Å². The Hall–Kier alpha value is -3.36. The van der Waals surface area contributed by atoms with Gasteiger partial charge in [0.2, 0.25) is 11.7 Å². The number of carbonyl (C=O) groups excluding carboxylic acids is 1. The van der Waals surface area contributed by atoms with Crippen LogP contribution in [0.4, 0.5) is 14.6 Å². The first-order valence-electron chi connectivity index (χ1n) is 9.34. The van der Waals surface area contributed by atoms with Crippen LogP contribution in [0.3, 0.4) is 0 Å². The highest BCUT2D eigenvalue weighted by molar-refractivity contribution is 5.95. The van der Waals surface area contributed by atoms with E-state index in [4.69, 9.17) is 4.52 Å². The molecule has 0 spiro atoms. The number of aromatic nitrogens is 3. The van der Waals surface area contributed by atoms with E-state index >= 15 is 0 Å². The maximum atomic E-state index is 13.9. The molecule has 1 amide bonds. The number of hydrogen-bond acceptors (Lipinski definition) is 6. The first kappa shape index (κ1) is 19.0. The van der Waals surface area contributed by atoms with E-state index in [-0.39, 0.29) is 0 Å². The smallest absolute Gasteiger partial charge is 0.259 e. The van der Waals surface area contributed by atoms with Crippen molar-refractivity contribution >= 4 is 11.7 Å². The first-order chi connectivity index (χ1) is 14.1. The molecule has 2 aromatic heterocycles. The number of piperazine rings is 1. The van der Waals surface area contributed by atoms with Gasteiger partial charge in [0, 0.05) is 44.4 Å². The maximum Gasteiger partial charge on any atom is 0.259 e. The lowest BCUT2D eigenvalue weighted by molar-refractivity contribution is 0.0736. The fraction of sp³-hybridized carbons (Fsp3) is 0.300. The molecular formula is C20H19F2N5O2. The summed E-state index contributed by atoms with van der Waals surface area (Å²) in [7, 11) is 0. The third-order valence-corrected chi connectivity index (χ3v) is 4.84. The number of amides is 1. The highest BCUT2D eigenvalue weighted by Crippen LogP contribution is 2.21. The Balaban J connectivity index is 1.41. The fourth-order valence-corrected chi connectivity index (χ4v) is 3.22. The normalized spacial score (nSPS) is 14.3. The van der Waals surface area contributed by atoms with Gasteiger partial charge < -0.3 is 14.3 Å². The molecule has 1 aliphatic rings. The Labute approximate surface area is 166 Å². The molecule has 0 bridgehead atoms. The number of anilines is 1. The average Bonchev–Trinajstić information content (AvgIpc) is 3.23.